The first-order valence-electron chi connectivity index (χ1n) is 7.10. The lowest BCUT2D eigenvalue weighted by Gasteiger charge is -2.35. The molecule has 1 aromatic rings. The molecule has 0 bridgehead atoms. The highest BCUT2D eigenvalue weighted by Crippen LogP contribution is 2.17. The fourth-order valence-electron chi connectivity index (χ4n) is 2.44. The molecule has 2 rings (SSSR count). The number of aliphatic hydroxyl groups is 1. The molecule has 20 heavy (non-hydrogen) atoms. The van der Waals surface area contributed by atoms with Crippen LogP contribution in [0.25, 0.3) is 0 Å². The summed E-state index contributed by atoms with van der Waals surface area (Å²) in [5.41, 5.74) is 2.53. The minimum absolute atomic E-state index is 0.00707. The van der Waals surface area contributed by atoms with Crippen molar-refractivity contribution in [3.63, 3.8) is 0 Å². The number of carbonyl (C=O) groups excluding carboxylic acids is 1. The van der Waals surface area contributed by atoms with E-state index in [1.54, 1.807) is 0 Å². The molecular formula is C15H23N3O2. The van der Waals surface area contributed by atoms with Gasteiger partial charge in [0.15, 0.2) is 0 Å². The number of nitrogens with one attached hydrogen (secondary N) is 1. The van der Waals surface area contributed by atoms with Gasteiger partial charge in [-0.25, -0.2) is 0 Å². The van der Waals surface area contributed by atoms with Crippen LogP contribution in [0.4, 0.5) is 5.69 Å². The highest BCUT2D eigenvalue weighted by Gasteiger charge is 2.18. The standard InChI is InChI=1S/C15H23N3O2/c1-13-3-2-4-14(11-13)18-8-6-17(7-9-18)12-15(20)16-5-10-19/h2-4,11,19H,5-10,12H2,1H3,(H,16,20). The largest absolute Gasteiger partial charge is 0.395 e. The fourth-order valence-corrected chi connectivity index (χ4v) is 2.44. The maximum Gasteiger partial charge on any atom is 0.234 e. The molecule has 1 aliphatic rings. The van der Waals surface area contributed by atoms with Gasteiger partial charge in [-0.3, -0.25) is 9.69 Å². The van der Waals surface area contributed by atoms with Gasteiger partial charge in [-0.15, -0.1) is 0 Å². The van der Waals surface area contributed by atoms with Crippen molar-refractivity contribution < 1.29 is 9.90 Å². The van der Waals surface area contributed by atoms with Gasteiger partial charge in [0.25, 0.3) is 0 Å². The summed E-state index contributed by atoms with van der Waals surface area (Å²) < 4.78 is 0. The number of hydrogen-bond donors (Lipinski definition) is 2. The minimum Gasteiger partial charge on any atom is -0.395 e. The zero-order valence-electron chi connectivity index (χ0n) is 12.0. The van der Waals surface area contributed by atoms with Gasteiger partial charge in [0.2, 0.25) is 5.91 Å². The quantitative estimate of drug-likeness (QED) is 0.809. The van der Waals surface area contributed by atoms with Crippen LogP contribution in [0.2, 0.25) is 0 Å². The number of piperazine rings is 1. The van der Waals surface area contributed by atoms with Crippen LogP contribution in [0.5, 0.6) is 0 Å². The summed E-state index contributed by atoms with van der Waals surface area (Å²) in [4.78, 5) is 16.1. The molecule has 110 valence electrons. The Morgan fingerprint density at radius 1 is 1.30 bits per heavy atom. The van der Waals surface area contributed by atoms with Crippen LogP contribution in [0, 0.1) is 6.92 Å². The monoisotopic (exact) mass is 277 g/mol. The Hall–Kier alpha value is -1.59. The number of amides is 1. The van der Waals surface area contributed by atoms with Crippen molar-refractivity contribution in [3.05, 3.63) is 29.8 Å². The van der Waals surface area contributed by atoms with Crippen molar-refractivity contribution in [1.29, 1.82) is 0 Å². The molecule has 1 amide bonds. The molecule has 5 heteroatoms. The van der Waals surface area contributed by atoms with Crippen LogP contribution in [-0.2, 0) is 4.79 Å². The van der Waals surface area contributed by atoms with Gasteiger partial charge < -0.3 is 15.3 Å². The number of carbonyl (C=O) groups is 1. The number of aliphatic hydroxyl groups excluding tert-OH is 1. The van der Waals surface area contributed by atoms with E-state index in [9.17, 15) is 4.79 Å². The second-order valence-electron chi connectivity index (χ2n) is 5.18. The molecular weight excluding hydrogens is 254 g/mol. The Morgan fingerprint density at radius 2 is 2.05 bits per heavy atom. The van der Waals surface area contributed by atoms with E-state index in [0.717, 1.165) is 26.2 Å². The van der Waals surface area contributed by atoms with Crippen LogP contribution in [0.3, 0.4) is 0 Å². The Labute approximate surface area is 120 Å². The van der Waals surface area contributed by atoms with Crippen molar-refractivity contribution in [2.45, 2.75) is 6.92 Å². The van der Waals surface area contributed by atoms with Gasteiger partial charge in [0, 0.05) is 38.4 Å². The summed E-state index contributed by atoms with van der Waals surface area (Å²) in [5.74, 6) is -0.0111. The third-order valence-corrected chi connectivity index (χ3v) is 3.54. The maximum absolute atomic E-state index is 11.6. The highest BCUT2D eigenvalue weighted by atomic mass is 16.3. The third kappa shape index (κ3) is 4.21. The zero-order chi connectivity index (χ0) is 14.4. The average Bonchev–Trinajstić information content (AvgIpc) is 2.46. The first-order chi connectivity index (χ1) is 9.69. The van der Waals surface area contributed by atoms with Gasteiger partial charge in [-0.2, -0.15) is 0 Å². The number of hydrogen-bond acceptors (Lipinski definition) is 4. The van der Waals surface area contributed by atoms with Crippen LogP contribution >= 0.6 is 0 Å². The van der Waals surface area contributed by atoms with Crippen LogP contribution in [0.1, 0.15) is 5.56 Å². The first kappa shape index (κ1) is 14.8. The molecule has 1 fully saturated rings. The molecule has 0 unspecified atom stereocenters. The molecule has 0 spiro atoms. The fraction of sp³-hybridized carbons (Fsp3) is 0.533. The highest BCUT2D eigenvalue weighted by molar-refractivity contribution is 5.78. The van der Waals surface area contributed by atoms with Crippen molar-refractivity contribution in [1.82, 2.24) is 10.2 Å². The molecule has 0 aromatic heterocycles. The van der Waals surface area contributed by atoms with E-state index < -0.39 is 0 Å². The second kappa shape index (κ2) is 7.26. The Balaban J connectivity index is 1.79. The van der Waals surface area contributed by atoms with Gasteiger partial charge >= 0.3 is 0 Å². The zero-order valence-corrected chi connectivity index (χ0v) is 12.0. The summed E-state index contributed by atoms with van der Waals surface area (Å²) >= 11 is 0. The van der Waals surface area contributed by atoms with Crippen LogP contribution in [-0.4, -0.2) is 61.8 Å². The summed E-state index contributed by atoms with van der Waals surface area (Å²) in [7, 11) is 0. The van der Waals surface area contributed by atoms with E-state index >= 15 is 0 Å². The SMILES string of the molecule is Cc1cccc(N2CCN(CC(=O)NCCO)CC2)c1. The van der Waals surface area contributed by atoms with Gasteiger partial charge in [0.05, 0.1) is 13.2 Å². The molecule has 0 atom stereocenters. The maximum atomic E-state index is 11.6. The third-order valence-electron chi connectivity index (χ3n) is 3.54. The first-order valence-corrected chi connectivity index (χ1v) is 7.10. The van der Waals surface area contributed by atoms with Crippen molar-refractivity contribution >= 4 is 11.6 Å². The minimum atomic E-state index is -0.0111. The molecule has 1 saturated heterocycles. The van der Waals surface area contributed by atoms with Crippen molar-refractivity contribution in [3.8, 4) is 0 Å². The number of benzene rings is 1. The predicted octanol–water partition coefficient (Wildman–Crippen LogP) is 0.226. The van der Waals surface area contributed by atoms with E-state index in [0.29, 0.717) is 13.1 Å². The second-order valence-corrected chi connectivity index (χ2v) is 5.18. The number of aryl methyl sites for hydroxylation is 1. The predicted molar refractivity (Wildman–Crippen MR) is 79.9 cm³/mol. The Morgan fingerprint density at radius 3 is 2.70 bits per heavy atom. The summed E-state index contributed by atoms with van der Waals surface area (Å²) in [6.45, 7) is 6.51. The number of nitrogens with zero attached hydrogens (tertiary/aromatic N) is 2. The van der Waals surface area contributed by atoms with Gasteiger partial charge in [-0.05, 0) is 24.6 Å². The molecule has 1 heterocycles. The van der Waals surface area contributed by atoms with E-state index in [1.165, 1.54) is 11.3 Å². The number of anilines is 1. The molecule has 1 aliphatic heterocycles. The molecule has 0 saturated carbocycles. The Bertz CT molecular complexity index is 442. The smallest absolute Gasteiger partial charge is 0.234 e. The topological polar surface area (TPSA) is 55.8 Å². The van der Waals surface area contributed by atoms with E-state index in [2.05, 4.69) is 46.3 Å². The molecule has 1 aromatic carbocycles. The molecule has 0 radical (unpaired) electrons. The summed E-state index contributed by atoms with van der Waals surface area (Å²) in [6, 6.07) is 8.52. The van der Waals surface area contributed by atoms with E-state index in [1.807, 2.05) is 0 Å². The normalized spacial score (nSPS) is 16.2. The van der Waals surface area contributed by atoms with Crippen LogP contribution in [0.15, 0.2) is 24.3 Å². The summed E-state index contributed by atoms with van der Waals surface area (Å²) in [5, 5.41) is 11.4. The molecule has 0 aliphatic carbocycles. The van der Waals surface area contributed by atoms with E-state index in [4.69, 9.17) is 5.11 Å². The Kier molecular flexibility index (Phi) is 5.38. The lowest BCUT2D eigenvalue weighted by molar-refractivity contribution is -0.122. The number of rotatable bonds is 5. The van der Waals surface area contributed by atoms with Gasteiger partial charge in [-0.1, -0.05) is 12.1 Å². The molecule has 2 N–H and O–H groups in total. The van der Waals surface area contributed by atoms with Gasteiger partial charge in [0.1, 0.15) is 0 Å². The lowest BCUT2D eigenvalue weighted by Crippen LogP contribution is -2.49. The summed E-state index contributed by atoms with van der Waals surface area (Å²) in [6.07, 6.45) is 0. The average molecular weight is 277 g/mol. The molecule has 5 nitrogen and oxygen atoms in total. The lowest BCUT2D eigenvalue weighted by atomic mass is 10.2. The van der Waals surface area contributed by atoms with Crippen molar-refractivity contribution in [2.75, 3.05) is 50.8 Å². The van der Waals surface area contributed by atoms with E-state index in [-0.39, 0.29) is 12.5 Å². The van der Waals surface area contributed by atoms with Crippen molar-refractivity contribution in [2.24, 2.45) is 0 Å². The van der Waals surface area contributed by atoms with Crippen LogP contribution < -0.4 is 10.2 Å².